The summed E-state index contributed by atoms with van der Waals surface area (Å²) in [6.45, 7) is -0.660. The minimum atomic E-state index is -5.48. The first-order valence-corrected chi connectivity index (χ1v) is 8.49. The molecular weight excluding hydrogens is 418 g/mol. The molecule has 6 nitrogen and oxygen atoms in total. The molecule has 0 spiro atoms. The Labute approximate surface area is 166 Å². The number of nitrogens with zero attached hydrogens (tertiary/aromatic N) is 2. The van der Waals surface area contributed by atoms with E-state index in [1.165, 1.54) is 6.08 Å². The number of carbonyl (C=O) groups is 2. The number of amides is 2. The van der Waals surface area contributed by atoms with Crippen molar-refractivity contribution in [3.05, 3.63) is 58.9 Å². The van der Waals surface area contributed by atoms with E-state index in [-0.39, 0.29) is 5.84 Å². The molecule has 2 aliphatic rings. The van der Waals surface area contributed by atoms with E-state index < -0.39 is 52.5 Å². The van der Waals surface area contributed by atoms with Gasteiger partial charge in [0.2, 0.25) is 0 Å². The Hall–Kier alpha value is -2.85. The van der Waals surface area contributed by atoms with Crippen LogP contribution in [0.4, 0.5) is 17.6 Å². The normalized spacial score (nSPS) is 20.5. The van der Waals surface area contributed by atoms with Crippen LogP contribution in [0.25, 0.3) is 0 Å². The lowest BCUT2D eigenvalue weighted by Gasteiger charge is -2.29. The molecule has 0 saturated carbocycles. The highest BCUT2D eigenvalue weighted by molar-refractivity contribution is 6.30. The number of aliphatic imine (C=N–C) groups is 2. The molecule has 1 heterocycles. The molecule has 1 aliphatic carbocycles. The third-order valence-electron chi connectivity index (χ3n) is 4.25. The number of aliphatic hydroxyl groups is 1. The van der Waals surface area contributed by atoms with Crippen LogP contribution >= 0.6 is 11.6 Å². The standard InChI is InChI=1S/C18H12ClF4N3O3/c19-11-6-5-9(7-12(11)20)17(29,18(21,22)23)16(28)24-8-14-25-13-4-2-1-3-10(13)15(27)26-14/h1-7,10,29H,8H2,(H,24,28). The van der Waals surface area contributed by atoms with Gasteiger partial charge in [0, 0.05) is 5.56 Å². The number of halogens is 5. The van der Waals surface area contributed by atoms with E-state index in [4.69, 9.17) is 11.6 Å². The fraction of sp³-hybridized carbons (Fsp3) is 0.222. The monoisotopic (exact) mass is 429 g/mol. The van der Waals surface area contributed by atoms with Crippen molar-refractivity contribution in [3.8, 4) is 0 Å². The second kappa shape index (κ2) is 7.53. The number of allylic oxidation sites excluding steroid dienone is 3. The van der Waals surface area contributed by atoms with Crippen molar-refractivity contribution in [2.24, 2.45) is 15.9 Å². The van der Waals surface area contributed by atoms with Crippen molar-refractivity contribution in [3.63, 3.8) is 0 Å². The highest BCUT2D eigenvalue weighted by atomic mass is 35.5. The highest BCUT2D eigenvalue weighted by Gasteiger charge is 2.61. The Morgan fingerprint density at radius 1 is 1.24 bits per heavy atom. The molecule has 152 valence electrons. The molecular formula is C18H12ClF4N3O3. The van der Waals surface area contributed by atoms with Gasteiger partial charge in [0.25, 0.3) is 17.4 Å². The van der Waals surface area contributed by atoms with Crippen LogP contribution in [0.5, 0.6) is 0 Å². The van der Waals surface area contributed by atoms with Crippen LogP contribution in [0.3, 0.4) is 0 Å². The molecule has 1 aromatic carbocycles. The predicted molar refractivity (Wildman–Crippen MR) is 96.0 cm³/mol. The molecule has 11 heteroatoms. The summed E-state index contributed by atoms with van der Waals surface area (Å²) in [5.74, 6) is -4.64. The van der Waals surface area contributed by atoms with Crippen molar-refractivity contribution < 1.29 is 32.3 Å². The molecule has 1 aromatic rings. The van der Waals surface area contributed by atoms with Crippen LogP contribution in [0.1, 0.15) is 5.56 Å². The van der Waals surface area contributed by atoms with Crippen LogP contribution in [0, 0.1) is 11.7 Å². The molecule has 2 unspecified atom stereocenters. The molecule has 2 N–H and O–H groups in total. The van der Waals surface area contributed by atoms with E-state index in [1.807, 2.05) is 5.32 Å². The minimum Gasteiger partial charge on any atom is -0.369 e. The van der Waals surface area contributed by atoms with Crippen molar-refractivity contribution in [2.75, 3.05) is 6.54 Å². The number of rotatable bonds is 4. The first-order valence-electron chi connectivity index (χ1n) is 8.12. The molecule has 0 fully saturated rings. The van der Waals surface area contributed by atoms with E-state index >= 15 is 0 Å². The van der Waals surface area contributed by atoms with Crippen LogP contribution in [0.15, 0.2) is 52.5 Å². The first kappa shape index (κ1) is 20.9. The maximum atomic E-state index is 13.6. The third-order valence-corrected chi connectivity index (χ3v) is 4.55. The molecule has 0 bridgehead atoms. The van der Waals surface area contributed by atoms with Gasteiger partial charge in [-0.15, -0.1) is 0 Å². The third kappa shape index (κ3) is 3.85. The van der Waals surface area contributed by atoms with Gasteiger partial charge in [-0.2, -0.15) is 18.2 Å². The van der Waals surface area contributed by atoms with Gasteiger partial charge in [0.15, 0.2) is 5.84 Å². The summed E-state index contributed by atoms with van der Waals surface area (Å²) < 4.78 is 54.2. The van der Waals surface area contributed by atoms with Gasteiger partial charge in [-0.1, -0.05) is 35.9 Å². The first-order chi connectivity index (χ1) is 13.5. The maximum Gasteiger partial charge on any atom is 0.430 e. The van der Waals surface area contributed by atoms with Gasteiger partial charge in [-0.05, 0) is 18.2 Å². The van der Waals surface area contributed by atoms with Crippen LogP contribution < -0.4 is 5.32 Å². The van der Waals surface area contributed by atoms with Gasteiger partial charge in [0.05, 0.1) is 17.3 Å². The summed E-state index contributed by atoms with van der Waals surface area (Å²) in [7, 11) is 0. The van der Waals surface area contributed by atoms with Gasteiger partial charge in [-0.25, -0.2) is 9.38 Å². The molecule has 3 rings (SSSR count). The average molecular weight is 430 g/mol. The van der Waals surface area contributed by atoms with Crippen LogP contribution in [0.2, 0.25) is 5.02 Å². The lowest BCUT2D eigenvalue weighted by Crippen LogP contribution is -2.55. The molecule has 0 saturated heterocycles. The predicted octanol–water partition coefficient (Wildman–Crippen LogP) is 2.47. The van der Waals surface area contributed by atoms with Crippen molar-refractivity contribution in [1.82, 2.24) is 5.32 Å². The minimum absolute atomic E-state index is 0.235. The SMILES string of the molecule is O=C1N=C(CNC(=O)C(O)(c2ccc(Cl)c(F)c2)C(F)(F)F)N=C2C=CC=CC12. The molecule has 0 radical (unpaired) electrons. The zero-order valence-electron chi connectivity index (χ0n) is 14.4. The zero-order chi connectivity index (χ0) is 21.4. The lowest BCUT2D eigenvalue weighted by atomic mass is 9.92. The van der Waals surface area contributed by atoms with Gasteiger partial charge >= 0.3 is 6.18 Å². The van der Waals surface area contributed by atoms with E-state index in [9.17, 15) is 32.3 Å². The molecule has 29 heavy (non-hydrogen) atoms. The average Bonchev–Trinajstić information content (AvgIpc) is 2.66. The van der Waals surface area contributed by atoms with Crippen LogP contribution in [-0.4, -0.2) is 41.2 Å². The number of alkyl halides is 3. The summed E-state index contributed by atoms with van der Waals surface area (Å²) in [6, 6.07) is 1.79. The fourth-order valence-electron chi connectivity index (χ4n) is 2.73. The Morgan fingerprint density at radius 3 is 2.62 bits per heavy atom. The number of benzene rings is 1. The second-order valence-electron chi connectivity index (χ2n) is 6.14. The van der Waals surface area contributed by atoms with Crippen LogP contribution in [-0.2, 0) is 15.2 Å². The number of amidine groups is 1. The zero-order valence-corrected chi connectivity index (χ0v) is 15.1. The molecule has 1 aliphatic heterocycles. The molecule has 0 aromatic heterocycles. The van der Waals surface area contributed by atoms with E-state index in [0.717, 1.165) is 6.07 Å². The molecule has 2 amide bonds. The fourth-order valence-corrected chi connectivity index (χ4v) is 2.85. The van der Waals surface area contributed by atoms with Gasteiger partial charge in [-0.3, -0.25) is 9.59 Å². The van der Waals surface area contributed by atoms with E-state index in [2.05, 4.69) is 9.98 Å². The maximum absolute atomic E-state index is 13.6. The van der Waals surface area contributed by atoms with Gasteiger partial charge < -0.3 is 10.4 Å². The van der Waals surface area contributed by atoms with Crippen molar-refractivity contribution >= 4 is 35.0 Å². The van der Waals surface area contributed by atoms with E-state index in [0.29, 0.717) is 17.8 Å². The van der Waals surface area contributed by atoms with Crippen molar-refractivity contribution in [2.45, 2.75) is 11.8 Å². The number of fused-ring (bicyclic) bond motifs is 1. The van der Waals surface area contributed by atoms with Gasteiger partial charge in [0.1, 0.15) is 11.7 Å². The Morgan fingerprint density at radius 2 is 1.97 bits per heavy atom. The summed E-state index contributed by atoms with van der Waals surface area (Å²) >= 11 is 5.45. The Bertz CT molecular complexity index is 1000. The number of carbonyl (C=O) groups excluding carboxylic acids is 2. The largest absolute Gasteiger partial charge is 0.430 e. The topological polar surface area (TPSA) is 91.1 Å². The number of nitrogens with one attached hydrogen (secondary N) is 1. The number of hydrogen-bond acceptors (Lipinski definition) is 4. The Kier molecular flexibility index (Phi) is 5.42. The summed E-state index contributed by atoms with van der Waals surface area (Å²) in [5, 5.41) is 11.5. The Balaban J connectivity index is 1.84. The smallest absolute Gasteiger partial charge is 0.369 e. The van der Waals surface area contributed by atoms with E-state index in [1.54, 1.807) is 18.2 Å². The summed E-state index contributed by atoms with van der Waals surface area (Å²) in [6.07, 6.45) is 0.842. The summed E-state index contributed by atoms with van der Waals surface area (Å²) in [5.41, 5.74) is -4.79. The number of hydrogen-bond donors (Lipinski definition) is 2. The highest BCUT2D eigenvalue weighted by Crippen LogP contribution is 2.40. The molecule has 2 atom stereocenters. The second-order valence-corrected chi connectivity index (χ2v) is 6.55. The quantitative estimate of drug-likeness (QED) is 0.720. The lowest BCUT2D eigenvalue weighted by molar-refractivity contribution is -0.256. The summed E-state index contributed by atoms with van der Waals surface area (Å²) in [4.78, 5) is 31.9. The van der Waals surface area contributed by atoms with Crippen molar-refractivity contribution in [1.29, 1.82) is 0 Å².